The quantitative estimate of drug-likeness (QED) is 0.0298. The van der Waals surface area contributed by atoms with E-state index >= 15 is 0 Å². The lowest BCUT2D eigenvalue weighted by Crippen LogP contribution is -2.48. The molecule has 0 saturated heterocycles. The molecule has 38 nitrogen and oxygen atoms in total. The Hall–Kier alpha value is -15.7. The zero-order valence-electron chi connectivity index (χ0n) is 80.8. The summed E-state index contributed by atoms with van der Waals surface area (Å²) in [5, 5.41) is 89.5. The summed E-state index contributed by atoms with van der Waals surface area (Å²) >= 11 is 0. The second-order valence-electron chi connectivity index (χ2n) is 34.5. The number of nitrogens with zero attached hydrogens (tertiary/aromatic N) is 9. The number of nitriles is 4. The summed E-state index contributed by atoms with van der Waals surface area (Å²) in [6, 6.07) is 28.6. The molecule has 5 aromatic carbocycles. The molecular formula is C101H100F3N19O19S5. The normalized spacial score (nSPS) is 18.9. The van der Waals surface area contributed by atoms with E-state index in [-0.39, 0.29) is 99.3 Å². The first-order valence-corrected chi connectivity index (χ1v) is 51.4. The van der Waals surface area contributed by atoms with Crippen molar-refractivity contribution < 1.29 is 99.7 Å². The first-order chi connectivity index (χ1) is 68.9. The van der Waals surface area contributed by atoms with Crippen LogP contribution in [0, 0.1) is 104 Å². The first-order valence-electron chi connectivity index (χ1n) is 44.0. The number of rotatable bonds is 17. The summed E-state index contributed by atoms with van der Waals surface area (Å²) < 4.78 is 186. The van der Waals surface area contributed by atoms with Crippen molar-refractivity contribution in [3.05, 3.63) is 296 Å². The third-order valence-electron chi connectivity index (χ3n) is 24.0. The molecular weight excluding hydrogens is 2000 g/mol. The van der Waals surface area contributed by atoms with E-state index in [1.165, 1.54) is 142 Å². The van der Waals surface area contributed by atoms with Gasteiger partial charge in [-0.05, 0) is 150 Å². The van der Waals surface area contributed by atoms with Gasteiger partial charge in [-0.25, -0.2) is 56.3 Å². The Kier molecular flexibility index (Phi) is 33.8. The molecule has 10 heterocycles. The molecule has 8 unspecified atom stereocenters. The lowest BCUT2D eigenvalue weighted by atomic mass is 9.93. The molecule has 15 rings (SSSR count). The number of hydrogen-bond acceptors (Lipinski definition) is 23. The summed E-state index contributed by atoms with van der Waals surface area (Å²) in [7, 11) is -12.2. The minimum Gasteiger partial charge on any atom is -0.394 e. The number of sulfonamides is 5. The van der Waals surface area contributed by atoms with Gasteiger partial charge in [-0.1, -0.05) is 109 Å². The largest absolute Gasteiger partial charge is 0.416 e. The van der Waals surface area contributed by atoms with Crippen LogP contribution in [0.5, 0.6) is 0 Å². The van der Waals surface area contributed by atoms with Crippen LogP contribution < -0.4 is 50.2 Å². The first kappa shape index (κ1) is 112. The third-order valence-corrected chi connectivity index (χ3v) is 31.7. The Morgan fingerprint density at radius 3 is 1.12 bits per heavy atom. The number of carbonyl (C=O) groups excluding carboxylic acids is 5. The number of nitrogens with one attached hydrogen (secondary N) is 10. The number of carbonyl (C=O) groups is 5. The molecule has 764 valence electrons. The van der Waals surface area contributed by atoms with Gasteiger partial charge >= 0.3 is 6.18 Å². The van der Waals surface area contributed by atoms with Gasteiger partial charge in [0.05, 0.1) is 94.0 Å². The number of hydrogen-bond donors (Lipinski definition) is 14. The number of aromatic nitrogens is 5. The van der Waals surface area contributed by atoms with Crippen molar-refractivity contribution in [1.29, 1.82) is 21.0 Å². The Balaban J connectivity index is 0.000000175. The predicted octanol–water partition coefficient (Wildman–Crippen LogP) is 9.77. The predicted molar refractivity (Wildman–Crippen MR) is 543 cm³/mol. The average Bonchev–Trinajstić information content (AvgIpc) is 1.60. The van der Waals surface area contributed by atoms with Crippen LogP contribution in [0.15, 0.2) is 209 Å². The maximum absolute atomic E-state index is 13.2. The van der Waals surface area contributed by atoms with Crippen molar-refractivity contribution >= 4 is 132 Å². The smallest absolute Gasteiger partial charge is 0.394 e. The summed E-state index contributed by atoms with van der Waals surface area (Å²) in [4.78, 5) is 64.3. The molecule has 5 amide bonds. The fourth-order valence-corrected chi connectivity index (χ4v) is 23.6. The number of anilines is 5. The fraction of sp³-hybridized carbons (Fsp3) is 0.238. The SMILES string of the molecule is C#CC(O)C1C=Cc2c(cn(C)c2C(=O)Nc2ccc(C)c(C#N)c2)S(=O)(=O)N1.C=CC(O)C1C=Cc2c(cn(C)c2C(=O)Nc2ccc(C)c(C#N)c2)S(=O)(=O)N1.C=CC1(C)C=Cc2c(cn(C)c2C(=O)Nc2ccc(C)c(C#N)c2)S(=O)(=O)N1.C=CC1(CO)CCc2c(cn(C)c2C(=O)Nc2ccc(C)c(C(F)(F)F)c2)S(=O)(=O)N1.CC#CC(O)C1C=Cc2c(cn(C)c2C(=O)Nc2ccc(C)c(C#N)c2)S(=O)(=O)N1. The van der Waals surface area contributed by atoms with Crippen LogP contribution >= 0.6 is 0 Å². The second kappa shape index (κ2) is 44.5. The van der Waals surface area contributed by atoms with E-state index in [1.54, 1.807) is 148 Å². The van der Waals surface area contributed by atoms with E-state index < -0.39 is 146 Å². The molecule has 8 atom stereocenters. The van der Waals surface area contributed by atoms with Crippen LogP contribution in [0.2, 0.25) is 0 Å². The average molecular weight is 2100 g/mol. The molecule has 0 spiro atoms. The van der Waals surface area contributed by atoms with E-state index in [2.05, 4.69) is 106 Å². The second-order valence-corrected chi connectivity index (χ2v) is 42.9. The van der Waals surface area contributed by atoms with Crippen LogP contribution in [-0.4, -0.2) is 169 Å². The van der Waals surface area contributed by atoms with Gasteiger partial charge in [0.2, 0.25) is 50.1 Å². The van der Waals surface area contributed by atoms with Gasteiger partial charge in [-0.15, -0.1) is 32.1 Å². The van der Waals surface area contributed by atoms with Crippen molar-refractivity contribution in [3.8, 4) is 48.5 Å². The van der Waals surface area contributed by atoms with Gasteiger partial charge in [0.1, 0.15) is 65.2 Å². The zero-order valence-corrected chi connectivity index (χ0v) is 84.9. The van der Waals surface area contributed by atoms with Gasteiger partial charge in [-0.2, -0.15) is 43.7 Å². The Labute approximate surface area is 846 Å². The summed E-state index contributed by atoms with van der Waals surface area (Å²) in [6.45, 7) is 21.9. The number of aliphatic hydroxyl groups excluding tert-OH is 4. The Morgan fingerprint density at radius 2 is 0.782 bits per heavy atom. The Morgan fingerprint density at radius 1 is 0.469 bits per heavy atom. The molecule has 0 bridgehead atoms. The third kappa shape index (κ3) is 24.6. The van der Waals surface area contributed by atoms with Gasteiger partial charge in [0, 0.05) is 122 Å². The van der Waals surface area contributed by atoms with Crippen molar-refractivity contribution in [2.45, 2.75) is 139 Å². The minimum absolute atomic E-state index is 0.00677. The van der Waals surface area contributed by atoms with Gasteiger partial charge in [0.15, 0.2) is 0 Å². The van der Waals surface area contributed by atoms with E-state index in [0.717, 1.165) is 28.3 Å². The number of terminal acetylenes is 1. The molecule has 5 aliphatic rings. The zero-order chi connectivity index (χ0) is 109. The number of amides is 5. The molecule has 10 aromatic rings. The molecule has 0 radical (unpaired) electrons. The lowest BCUT2D eigenvalue weighted by molar-refractivity contribution is -0.138. The topological polar surface area (TPSA) is 577 Å². The summed E-state index contributed by atoms with van der Waals surface area (Å²) in [6.07, 6.45) is 19.9. The number of benzene rings is 5. The molecule has 5 aromatic heterocycles. The lowest BCUT2D eigenvalue weighted by Gasteiger charge is -2.27. The van der Waals surface area contributed by atoms with Crippen LogP contribution in [0.25, 0.3) is 24.3 Å². The van der Waals surface area contributed by atoms with Crippen molar-refractivity contribution in [2.75, 3.05) is 33.2 Å². The highest BCUT2D eigenvalue weighted by molar-refractivity contribution is 7.90. The molecule has 0 saturated carbocycles. The van der Waals surface area contributed by atoms with Crippen LogP contribution in [0.1, 0.15) is 156 Å². The van der Waals surface area contributed by atoms with E-state index in [9.17, 15) is 105 Å². The van der Waals surface area contributed by atoms with Gasteiger partial charge < -0.3 is 69.8 Å². The number of fused-ring (bicyclic) bond motifs is 5. The van der Waals surface area contributed by atoms with E-state index in [4.69, 9.17) is 22.2 Å². The highest BCUT2D eigenvalue weighted by Gasteiger charge is 2.43. The van der Waals surface area contributed by atoms with Crippen LogP contribution in [-0.2, 0) is 98.0 Å². The van der Waals surface area contributed by atoms with Crippen molar-refractivity contribution in [3.63, 3.8) is 0 Å². The summed E-state index contributed by atoms with van der Waals surface area (Å²) in [5.74, 6) is 4.33. The highest BCUT2D eigenvalue weighted by Crippen LogP contribution is 2.39. The number of aliphatic hydroxyl groups is 4. The van der Waals surface area contributed by atoms with Crippen molar-refractivity contribution in [2.24, 2.45) is 35.2 Å². The van der Waals surface area contributed by atoms with Crippen LogP contribution in [0.3, 0.4) is 0 Å². The van der Waals surface area contributed by atoms with Crippen molar-refractivity contribution in [1.82, 2.24) is 46.4 Å². The van der Waals surface area contributed by atoms with Gasteiger partial charge in [0.25, 0.3) is 29.5 Å². The van der Waals surface area contributed by atoms with Crippen LogP contribution in [0.4, 0.5) is 41.6 Å². The molecule has 0 aliphatic carbocycles. The molecule has 5 aliphatic heterocycles. The van der Waals surface area contributed by atoms with E-state index in [0.29, 0.717) is 50.6 Å². The number of aryl methyl sites for hydroxylation is 10. The maximum atomic E-state index is 13.2. The standard InChI is InChI=1S/C21H20N4O4S.C20H22F3N3O4S.C20H20N4O4S.C20H18N4O4S.C20H20N4O3S/c1-4-5-18(26)17-9-8-16-19(30(28,29)24-17)12-25(3)20(16)21(27)23-15-7-6-13(2)14(10-15)11-22;1-4-19(11-27)8-7-14-16(31(29,30)25-19)10-26(3)17(14)18(28)24-13-6-5-12(2)15(9-13)20(21,22)23;2*1-4-17(25)16-8-7-15-18(29(27,28)23-16)11-24(3)19(15)20(26)22-14-6-5-12(2)13(9-14)10-21;1-5-20(3)9-8-16-17(28(26,27)23-20)12-24(4)18(16)19(25)22-15-7-6-13(2)14(10-15)11-21/h6-10,12,17-18,24,26H,1-3H3,(H,23,27);4-6,9-10,25,27H,1,7-8,11H2,2-3H3,(H,24,28);4-9,11,16-17,23,25H,1H2,2-3H3,(H,22,26);1,5-9,11,16-17,23,25H,2-3H3,(H,22,26);5-10,12,23H,1H2,2-4H3,(H,22,25). The summed E-state index contributed by atoms with van der Waals surface area (Å²) in [5.41, 5.74) is 5.09. The maximum Gasteiger partial charge on any atom is 0.416 e. The molecule has 147 heavy (non-hydrogen) atoms. The number of alkyl halides is 3. The monoisotopic (exact) mass is 2100 g/mol. The molecule has 46 heteroatoms. The van der Waals surface area contributed by atoms with Gasteiger partial charge in [-0.3, -0.25) is 24.0 Å². The minimum atomic E-state index is -4.58. The number of halogens is 3. The molecule has 14 N–H and O–H groups in total. The fourth-order valence-electron chi connectivity index (χ4n) is 16.0. The molecule has 0 fully saturated rings. The Bertz CT molecular complexity index is 8160. The highest BCUT2D eigenvalue weighted by atomic mass is 32.2. The van der Waals surface area contributed by atoms with E-state index in [1.807, 2.05) is 6.07 Å².